The largest absolute Gasteiger partial charge is 0.494 e. The molecule has 1 aliphatic heterocycles. The molecule has 1 atom stereocenters. The van der Waals surface area contributed by atoms with Gasteiger partial charge in [-0.15, -0.1) is 24.8 Å². The molecule has 1 aromatic carbocycles. The second kappa shape index (κ2) is 10.1. The first-order valence-electron chi connectivity index (χ1n) is 8.15. The molecule has 1 aliphatic carbocycles. The van der Waals surface area contributed by atoms with Gasteiger partial charge in [0.25, 0.3) is 0 Å². The van der Waals surface area contributed by atoms with Gasteiger partial charge in [0, 0.05) is 42.3 Å². The Morgan fingerprint density at radius 2 is 1.96 bits per heavy atom. The minimum Gasteiger partial charge on any atom is -0.494 e. The Morgan fingerprint density at radius 3 is 2.57 bits per heavy atom. The number of halogens is 3. The normalized spacial score (nSPS) is 19.4. The second-order valence-electron chi connectivity index (χ2n) is 6.10. The molecule has 23 heavy (non-hydrogen) atoms. The molecule has 1 heterocycles. The van der Waals surface area contributed by atoms with Crippen molar-refractivity contribution in [3.63, 3.8) is 0 Å². The molecule has 3 nitrogen and oxygen atoms in total. The molecule has 1 aromatic rings. The van der Waals surface area contributed by atoms with E-state index in [1.54, 1.807) is 0 Å². The van der Waals surface area contributed by atoms with Gasteiger partial charge in [-0.05, 0) is 37.5 Å². The monoisotopic (exact) mass is 424 g/mol. The lowest BCUT2D eigenvalue weighted by molar-refractivity contribution is 0.157. The Kier molecular flexibility index (Phi) is 9.24. The Morgan fingerprint density at radius 1 is 1.26 bits per heavy atom. The molecule has 2 aliphatic rings. The van der Waals surface area contributed by atoms with E-state index in [1.165, 1.54) is 24.8 Å². The summed E-state index contributed by atoms with van der Waals surface area (Å²) in [4.78, 5) is 2.64. The van der Waals surface area contributed by atoms with Crippen molar-refractivity contribution in [3.8, 4) is 5.75 Å². The molecule has 1 N–H and O–H groups in total. The van der Waals surface area contributed by atoms with Crippen molar-refractivity contribution in [1.29, 1.82) is 0 Å². The van der Waals surface area contributed by atoms with Crippen LogP contribution in [0.1, 0.15) is 37.8 Å². The Bertz CT molecular complexity index is 480. The van der Waals surface area contributed by atoms with Crippen molar-refractivity contribution in [2.75, 3.05) is 32.8 Å². The molecule has 1 saturated heterocycles. The molecule has 2 fully saturated rings. The summed E-state index contributed by atoms with van der Waals surface area (Å²) in [7, 11) is 0. The molecule has 1 saturated carbocycles. The van der Waals surface area contributed by atoms with Gasteiger partial charge in [0.15, 0.2) is 0 Å². The third-order valence-corrected chi connectivity index (χ3v) is 4.97. The number of hydrogen-bond acceptors (Lipinski definition) is 3. The number of ether oxygens (including phenoxy) is 1. The zero-order valence-electron chi connectivity index (χ0n) is 13.6. The predicted octanol–water partition coefficient (Wildman–Crippen LogP) is 4.44. The Hall–Kier alpha value is -0.000000000000000222. The highest BCUT2D eigenvalue weighted by atomic mass is 79.9. The number of benzene rings is 1. The van der Waals surface area contributed by atoms with Gasteiger partial charge in [-0.2, -0.15) is 0 Å². The number of nitrogens with zero attached hydrogens (tertiary/aromatic N) is 1. The number of nitrogens with one attached hydrogen (secondary N) is 1. The summed E-state index contributed by atoms with van der Waals surface area (Å²) in [6, 6.07) is 6.96. The average molecular weight is 426 g/mol. The van der Waals surface area contributed by atoms with Crippen LogP contribution in [0, 0.1) is 5.92 Å². The van der Waals surface area contributed by atoms with E-state index in [1.807, 2.05) is 0 Å². The maximum atomic E-state index is 5.90. The molecule has 0 amide bonds. The van der Waals surface area contributed by atoms with Gasteiger partial charge >= 0.3 is 0 Å². The zero-order chi connectivity index (χ0) is 14.7. The fourth-order valence-electron chi connectivity index (χ4n) is 3.20. The maximum absolute atomic E-state index is 5.90. The number of rotatable bonds is 6. The molecule has 0 radical (unpaired) electrons. The standard InChI is InChI=1S/C17H25BrN2O.2ClH/c1-2-21-17-6-5-14(18)12-15(17)16(11-13-3-4-13)20-9-7-19-8-10-20;;/h5-6,12-13,16,19H,2-4,7-11H2,1H3;2*1H/t16-;;/m0../s1. The molecule has 6 heteroatoms. The van der Waals surface area contributed by atoms with Gasteiger partial charge in [-0.25, -0.2) is 0 Å². The van der Waals surface area contributed by atoms with Crippen LogP contribution in [-0.4, -0.2) is 37.7 Å². The van der Waals surface area contributed by atoms with Crippen LogP contribution < -0.4 is 10.1 Å². The lowest BCUT2D eigenvalue weighted by Gasteiger charge is -2.36. The molecular formula is C17H27BrCl2N2O. The summed E-state index contributed by atoms with van der Waals surface area (Å²) in [5.41, 5.74) is 1.36. The van der Waals surface area contributed by atoms with Crippen LogP contribution in [0.4, 0.5) is 0 Å². The van der Waals surface area contributed by atoms with Crippen LogP contribution in [0.5, 0.6) is 5.75 Å². The van der Waals surface area contributed by atoms with Gasteiger partial charge in [0.1, 0.15) is 5.75 Å². The Labute approximate surface area is 160 Å². The van der Waals surface area contributed by atoms with E-state index in [0.717, 1.165) is 48.9 Å². The topological polar surface area (TPSA) is 24.5 Å². The van der Waals surface area contributed by atoms with Crippen LogP contribution in [0.15, 0.2) is 22.7 Å². The van der Waals surface area contributed by atoms with E-state index in [2.05, 4.69) is 51.3 Å². The molecule has 132 valence electrons. The van der Waals surface area contributed by atoms with Crippen molar-refractivity contribution >= 4 is 40.7 Å². The lowest BCUT2D eigenvalue weighted by Crippen LogP contribution is -2.45. The van der Waals surface area contributed by atoms with Crippen LogP contribution in [0.3, 0.4) is 0 Å². The summed E-state index contributed by atoms with van der Waals surface area (Å²) in [6.45, 7) is 7.25. The third-order valence-electron chi connectivity index (χ3n) is 4.48. The molecule has 0 aromatic heterocycles. The summed E-state index contributed by atoms with van der Waals surface area (Å²) in [5, 5.41) is 3.46. The van der Waals surface area contributed by atoms with Gasteiger partial charge in [0.05, 0.1) is 6.61 Å². The highest BCUT2D eigenvalue weighted by molar-refractivity contribution is 9.10. The quantitative estimate of drug-likeness (QED) is 0.729. The average Bonchev–Trinajstić information content (AvgIpc) is 3.32. The highest BCUT2D eigenvalue weighted by Gasteiger charge is 2.32. The van der Waals surface area contributed by atoms with Gasteiger partial charge in [0.2, 0.25) is 0 Å². The van der Waals surface area contributed by atoms with Gasteiger partial charge < -0.3 is 10.1 Å². The first-order chi connectivity index (χ1) is 10.3. The first-order valence-corrected chi connectivity index (χ1v) is 8.94. The summed E-state index contributed by atoms with van der Waals surface area (Å²) in [5.74, 6) is 1.98. The van der Waals surface area contributed by atoms with Crippen molar-refractivity contribution in [1.82, 2.24) is 10.2 Å². The van der Waals surface area contributed by atoms with Crippen LogP contribution in [0.25, 0.3) is 0 Å². The smallest absolute Gasteiger partial charge is 0.124 e. The number of hydrogen-bond donors (Lipinski definition) is 1. The molecular weight excluding hydrogens is 399 g/mol. The minimum absolute atomic E-state index is 0. The van der Waals surface area contributed by atoms with Crippen LogP contribution in [0.2, 0.25) is 0 Å². The highest BCUT2D eigenvalue weighted by Crippen LogP contribution is 2.43. The SMILES string of the molecule is CCOc1ccc(Br)cc1[C@H](CC1CC1)N1CCNCC1.Cl.Cl. The number of piperazine rings is 1. The minimum atomic E-state index is 0. The molecule has 0 spiro atoms. The van der Waals surface area contributed by atoms with E-state index in [9.17, 15) is 0 Å². The van der Waals surface area contributed by atoms with Crippen molar-refractivity contribution < 1.29 is 4.74 Å². The molecule has 3 rings (SSSR count). The van der Waals surface area contributed by atoms with Crippen molar-refractivity contribution in [2.24, 2.45) is 5.92 Å². The Balaban J connectivity index is 0.00000132. The lowest BCUT2D eigenvalue weighted by atomic mass is 9.97. The first kappa shape index (κ1) is 21.0. The summed E-state index contributed by atoms with van der Waals surface area (Å²) < 4.78 is 7.05. The van der Waals surface area contributed by atoms with Crippen LogP contribution in [-0.2, 0) is 0 Å². The molecule has 0 bridgehead atoms. The van der Waals surface area contributed by atoms with Crippen molar-refractivity contribution in [2.45, 2.75) is 32.2 Å². The van der Waals surface area contributed by atoms with Crippen LogP contribution >= 0.6 is 40.7 Å². The van der Waals surface area contributed by atoms with E-state index in [4.69, 9.17) is 4.74 Å². The van der Waals surface area contributed by atoms with E-state index in [-0.39, 0.29) is 24.8 Å². The van der Waals surface area contributed by atoms with E-state index >= 15 is 0 Å². The van der Waals surface area contributed by atoms with Gasteiger partial charge in [-0.3, -0.25) is 4.90 Å². The molecule has 0 unspecified atom stereocenters. The van der Waals surface area contributed by atoms with E-state index < -0.39 is 0 Å². The van der Waals surface area contributed by atoms with Crippen molar-refractivity contribution in [3.05, 3.63) is 28.2 Å². The maximum Gasteiger partial charge on any atom is 0.124 e. The third kappa shape index (κ3) is 5.79. The summed E-state index contributed by atoms with van der Waals surface area (Å²) >= 11 is 3.64. The van der Waals surface area contributed by atoms with Gasteiger partial charge in [-0.1, -0.05) is 28.8 Å². The second-order valence-corrected chi connectivity index (χ2v) is 7.01. The van der Waals surface area contributed by atoms with E-state index in [0.29, 0.717) is 6.04 Å². The summed E-state index contributed by atoms with van der Waals surface area (Å²) in [6.07, 6.45) is 4.08. The fraction of sp³-hybridized carbons (Fsp3) is 0.647. The fourth-order valence-corrected chi connectivity index (χ4v) is 3.58. The predicted molar refractivity (Wildman–Crippen MR) is 104 cm³/mol. The zero-order valence-corrected chi connectivity index (χ0v) is 16.8.